The summed E-state index contributed by atoms with van der Waals surface area (Å²) in [6.07, 6.45) is 3.23. The highest BCUT2D eigenvalue weighted by Crippen LogP contribution is 2.34. The van der Waals surface area contributed by atoms with Gasteiger partial charge in [-0.2, -0.15) is 5.10 Å². The summed E-state index contributed by atoms with van der Waals surface area (Å²) in [7, 11) is 1.88. The largest absolute Gasteiger partial charge is 0.389 e. The van der Waals surface area contributed by atoms with Gasteiger partial charge in [0.1, 0.15) is 0 Å². The third-order valence-corrected chi connectivity index (χ3v) is 3.79. The van der Waals surface area contributed by atoms with Crippen molar-refractivity contribution < 1.29 is 5.11 Å². The Kier molecular flexibility index (Phi) is 3.76. The van der Waals surface area contributed by atoms with Crippen LogP contribution in [0.4, 0.5) is 0 Å². The zero-order valence-corrected chi connectivity index (χ0v) is 11.2. The summed E-state index contributed by atoms with van der Waals surface area (Å²) in [5, 5.41) is 14.2. The van der Waals surface area contributed by atoms with Gasteiger partial charge in [0.05, 0.1) is 22.2 Å². The van der Waals surface area contributed by atoms with E-state index in [9.17, 15) is 5.11 Å². The van der Waals surface area contributed by atoms with Gasteiger partial charge in [-0.15, -0.1) is 0 Å². The minimum Gasteiger partial charge on any atom is -0.389 e. The Bertz CT molecular complexity index is 525. The van der Waals surface area contributed by atoms with Crippen LogP contribution in [0.5, 0.6) is 0 Å². The van der Waals surface area contributed by atoms with Crippen LogP contribution in [0, 0.1) is 0 Å². The topological polar surface area (TPSA) is 38.1 Å². The molecular formula is C12H13ClN2OS. The minimum atomic E-state index is -0.495. The number of nitrogens with zero attached hydrogens (tertiary/aromatic N) is 2. The van der Waals surface area contributed by atoms with Gasteiger partial charge in [0.2, 0.25) is 0 Å². The number of aromatic nitrogens is 2. The van der Waals surface area contributed by atoms with Crippen molar-refractivity contribution in [2.75, 3.05) is 0 Å². The van der Waals surface area contributed by atoms with E-state index in [0.717, 1.165) is 15.4 Å². The zero-order chi connectivity index (χ0) is 12.4. The van der Waals surface area contributed by atoms with E-state index < -0.39 is 6.10 Å². The van der Waals surface area contributed by atoms with Crippen molar-refractivity contribution in [3.63, 3.8) is 0 Å². The molecule has 3 nitrogen and oxygen atoms in total. The van der Waals surface area contributed by atoms with E-state index in [0.29, 0.717) is 5.02 Å². The van der Waals surface area contributed by atoms with Crippen LogP contribution >= 0.6 is 23.4 Å². The van der Waals surface area contributed by atoms with Crippen LogP contribution in [-0.2, 0) is 7.05 Å². The molecule has 0 saturated heterocycles. The standard InChI is InChI=1S/C12H13ClN2OS/c1-8(16)9-3-4-12(11(13)5-9)17-10-6-14-15(2)7-10/h3-8,16H,1-2H3/t8-/m0/s1. The van der Waals surface area contributed by atoms with Crippen molar-refractivity contribution in [3.05, 3.63) is 41.2 Å². The minimum absolute atomic E-state index is 0.495. The molecule has 0 bridgehead atoms. The summed E-state index contributed by atoms with van der Waals surface area (Å²) < 4.78 is 1.75. The van der Waals surface area contributed by atoms with Crippen LogP contribution in [-0.4, -0.2) is 14.9 Å². The molecule has 17 heavy (non-hydrogen) atoms. The maximum atomic E-state index is 9.45. The Morgan fingerprint density at radius 1 is 1.47 bits per heavy atom. The Morgan fingerprint density at radius 3 is 2.76 bits per heavy atom. The van der Waals surface area contributed by atoms with Crippen molar-refractivity contribution in [1.82, 2.24) is 9.78 Å². The molecule has 0 saturated carbocycles. The Hall–Kier alpha value is -0.970. The van der Waals surface area contributed by atoms with Gasteiger partial charge >= 0.3 is 0 Å². The van der Waals surface area contributed by atoms with Gasteiger partial charge in [-0.1, -0.05) is 29.4 Å². The van der Waals surface area contributed by atoms with Crippen molar-refractivity contribution in [2.45, 2.75) is 22.8 Å². The molecule has 0 amide bonds. The molecule has 0 spiro atoms. The molecule has 2 rings (SSSR count). The van der Waals surface area contributed by atoms with E-state index in [-0.39, 0.29) is 0 Å². The third-order valence-electron chi connectivity index (χ3n) is 2.35. The fourth-order valence-corrected chi connectivity index (χ4v) is 2.59. The lowest BCUT2D eigenvalue weighted by atomic mass is 10.1. The monoisotopic (exact) mass is 268 g/mol. The van der Waals surface area contributed by atoms with Crippen LogP contribution in [0.2, 0.25) is 5.02 Å². The van der Waals surface area contributed by atoms with Gasteiger partial charge in [0, 0.05) is 18.1 Å². The number of rotatable bonds is 3. The van der Waals surface area contributed by atoms with Gasteiger partial charge in [-0.05, 0) is 24.6 Å². The maximum absolute atomic E-state index is 9.45. The first-order valence-corrected chi connectivity index (χ1v) is 6.39. The maximum Gasteiger partial charge on any atom is 0.0762 e. The molecule has 1 aromatic heterocycles. The fourth-order valence-electron chi connectivity index (χ4n) is 1.44. The molecule has 0 aliphatic heterocycles. The quantitative estimate of drug-likeness (QED) is 0.928. The van der Waals surface area contributed by atoms with Crippen LogP contribution in [0.25, 0.3) is 0 Å². The second kappa shape index (κ2) is 5.12. The molecule has 2 aromatic rings. The molecular weight excluding hydrogens is 256 g/mol. The summed E-state index contributed by atoms with van der Waals surface area (Å²) in [5.74, 6) is 0. The molecule has 1 aromatic carbocycles. The van der Waals surface area contributed by atoms with E-state index in [1.807, 2.05) is 25.4 Å². The van der Waals surface area contributed by atoms with E-state index in [4.69, 9.17) is 11.6 Å². The van der Waals surface area contributed by atoms with Crippen molar-refractivity contribution in [3.8, 4) is 0 Å². The number of halogens is 1. The summed E-state index contributed by atoms with van der Waals surface area (Å²) in [4.78, 5) is 2.00. The van der Waals surface area contributed by atoms with Crippen molar-refractivity contribution in [2.24, 2.45) is 7.05 Å². The highest BCUT2D eigenvalue weighted by atomic mass is 35.5. The molecule has 90 valence electrons. The lowest BCUT2D eigenvalue weighted by Crippen LogP contribution is -1.90. The molecule has 0 unspecified atom stereocenters. The van der Waals surface area contributed by atoms with Gasteiger partial charge in [0.25, 0.3) is 0 Å². The van der Waals surface area contributed by atoms with Gasteiger partial charge < -0.3 is 5.11 Å². The summed E-state index contributed by atoms with van der Waals surface area (Å²) in [6, 6.07) is 5.60. The van der Waals surface area contributed by atoms with Gasteiger partial charge in [0.15, 0.2) is 0 Å². The fraction of sp³-hybridized carbons (Fsp3) is 0.250. The van der Waals surface area contributed by atoms with E-state index >= 15 is 0 Å². The number of aliphatic hydroxyl groups is 1. The Balaban J connectivity index is 2.22. The number of hydrogen-bond acceptors (Lipinski definition) is 3. The van der Waals surface area contributed by atoms with Crippen LogP contribution in [0.15, 0.2) is 40.4 Å². The predicted molar refractivity (Wildman–Crippen MR) is 69.4 cm³/mol. The van der Waals surface area contributed by atoms with Crippen molar-refractivity contribution >= 4 is 23.4 Å². The summed E-state index contributed by atoms with van der Waals surface area (Å²) in [6.45, 7) is 1.72. The van der Waals surface area contributed by atoms with Gasteiger partial charge in [-0.25, -0.2) is 0 Å². The van der Waals surface area contributed by atoms with E-state index in [2.05, 4.69) is 5.10 Å². The van der Waals surface area contributed by atoms with E-state index in [1.54, 1.807) is 35.6 Å². The molecule has 0 fully saturated rings. The zero-order valence-electron chi connectivity index (χ0n) is 9.59. The van der Waals surface area contributed by atoms with Gasteiger partial charge in [-0.3, -0.25) is 4.68 Å². The molecule has 1 atom stereocenters. The van der Waals surface area contributed by atoms with Crippen LogP contribution in [0.1, 0.15) is 18.6 Å². The summed E-state index contributed by atoms with van der Waals surface area (Å²) >= 11 is 7.73. The highest BCUT2D eigenvalue weighted by molar-refractivity contribution is 7.99. The molecule has 5 heteroatoms. The number of benzene rings is 1. The molecule has 1 heterocycles. The second-order valence-electron chi connectivity index (χ2n) is 3.82. The number of aliphatic hydroxyl groups excluding tert-OH is 1. The average Bonchev–Trinajstić information content (AvgIpc) is 2.67. The number of aryl methyl sites for hydroxylation is 1. The third kappa shape index (κ3) is 3.03. The molecule has 0 radical (unpaired) electrons. The van der Waals surface area contributed by atoms with Crippen LogP contribution < -0.4 is 0 Å². The van der Waals surface area contributed by atoms with Crippen molar-refractivity contribution in [1.29, 1.82) is 0 Å². The smallest absolute Gasteiger partial charge is 0.0762 e. The van der Waals surface area contributed by atoms with Crippen LogP contribution in [0.3, 0.4) is 0 Å². The Morgan fingerprint density at radius 2 is 2.24 bits per heavy atom. The number of hydrogen-bond donors (Lipinski definition) is 1. The average molecular weight is 269 g/mol. The molecule has 0 aliphatic carbocycles. The molecule has 0 aliphatic rings. The first-order chi connectivity index (χ1) is 8.06. The molecule has 1 N–H and O–H groups in total. The normalized spacial score (nSPS) is 12.7. The lowest BCUT2D eigenvalue weighted by molar-refractivity contribution is 0.199. The van der Waals surface area contributed by atoms with E-state index in [1.165, 1.54) is 0 Å². The predicted octanol–water partition coefficient (Wildman–Crippen LogP) is 3.28. The summed E-state index contributed by atoms with van der Waals surface area (Å²) in [5.41, 5.74) is 0.825. The first-order valence-electron chi connectivity index (χ1n) is 5.20. The second-order valence-corrected chi connectivity index (χ2v) is 5.34. The lowest BCUT2D eigenvalue weighted by Gasteiger charge is -2.07. The SMILES string of the molecule is C[C@H](O)c1ccc(Sc2cnn(C)c2)c(Cl)c1. The Labute approximate surface area is 109 Å². The highest BCUT2D eigenvalue weighted by Gasteiger charge is 2.07. The first kappa shape index (κ1) is 12.5.